The van der Waals surface area contributed by atoms with E-state index in [9.17, 15) is 9.59 Å². The van der Waals surface area contributed by atoms with Crippen LogP contribution in [0.5, 0.6) is 0 Å². The standard InChI is InChI=1S/C5H3Br2ClO2/c6-4(7)1-3(9)2-5(8)10/h1H,2H2. The van der Waals surface area contributed by atoms with Gasteiger partial charge in [0.15, 0.2) is 5.78 Å². The van der Waals surface area contributed by atoms with Gasteiger partial charge >= 0.3 is 0 Å². The van der Waals surface area contributed by atoms with E-state index in [1.165, 1.54) is 6.08 Å². The van der Waals surface area contributed by atoms with Gasteiger partial charge in [-0.25, -0.2) is 0 Å². The zero-order chi connectivity index (χ0) is 8.15. The van der Waals surface area contributed by atoms with Gasteiger partial charge in [0.05, 0.1) is 9.81 Å². The molecule has 0 rings (SSSR count). The second kappa shape index (κ2) is 5.04. The number of hydrogen-bond acceptors (Lipinski definition) is 2. The summed E-state index contributed by atoms with van der Waals surface area (Å²) in [5.74, 6) is -0.330. The first kappa shape index (κ1) is 10.3. The molecule has 0 aromatic rings. The minimum atomic E-state index is -0.650. The van der Waals surface area contributed by atoms with Gasteiger partial charge in [0.2, 0.25) is 5.24 Å². The van der Waals surface area contributed by atoms with Crippen molar-refractivity contribution < 1.29 is 9.59 Å². The van der Waals surface area contributed by atoms with Gasteiger partial charge in [-0.3, -0.25) is 9.59 Å². The zero-order valence-corrected chi connectivity index (χ0v) is 8.66. The third-order valence-corrected chi connectivity index (χ3v) is 1.17. The van der Waals surface area contributed by atoms with Gasteiger partial charge in [-0.05, 0) is 43.5 Å². The summed E-state index contributed by atoms with van der Waals surface area (Å²) in [5, 5.41) is -0.650. The third kappa shape index (κ3) is 6.45. The van der Waals surface area contributed by atoms with E-state index in [2.05, 4.69) is 31.9 Å². The molecule has 0 radical (unpaired) electrons. The predicted molar refractivity (Wildman–Crippen MR) is 46.4 cm³/mol. The fourth-order valence-electron chi connectivity index (χ4n) is 0.310. The highest BCUT2D eigenvalue weighted by Crippen LogP contribution is 2.12. The normalized spacial score (nSPS) is 8.70. The highest BCUT2D eigenvalue weighted by Gasteiger charge is 2.03. The quantitative estimate of drug-likeness (QED) is 0.454. The lowest BCUT2D eigenvalue weighted by Gasteiger charge is -1.85. The number of allylic oxidation sites excluding steroid dienone is 1. The van der Waals surface area contributed by atoms with E-state index in [1.54, 1.807) is 0 Å². The van der Waals surface area contributed by atoms with Crippen molar-refractivity contribution >= 4 is 54.5 Å². The van der Waals surface area contributed by atoms with Crippen LogP contribution in [0.2, 0.25) is 0 Å². The van der Waals surface area contributed by atoms with Crippen molar-refractivity contribution in [3.05, 3.63) is 9.47 Å². The topological polar surface area (TPSA) is 34.1 Å². The summed E-state index contributed by atoms with van der Waals surface area (Å²) in [4.78, 5) is 20.7. The smallest absolute Gasteiger partial charge is 0.229 e. The molecule has 0 bridgehead atoms. The molecule has 0 unspecified atom stereocenters. The van der Waals surface area contributed by atoms with E-state index in [0.717, 1.165) is 0 Å². The molecular weight excluding hydrogens is 287 g/mol. The Morgan fingerprint density at radius 2 is 1.90 bits per heavy atom. The Morgan fingerprint density at radius 1 is 1.40 bits per heavy atom. The molecule has 0 aliphatic rings. The number of rotatable bonds is 3. The van der Waals surface area contributed by atoms with E-state index < -0.39 is 5.24 Å². The minimum Gasteiger partial charge on any atom is -0.294 e. The van der Waals surface area contributed by atoms with Crippen LogP contribution in [0, 0.1) is 0 Å². The average molecular weight is 290 g/mol. The van der Waals surface area contributed by atoms with Gasteiger partial charge in [-0.15, -0.1) is 0 Å². The molecule has 56 valence electrons. The van der Waals surface area contributed by atoms with Crippen LogP contribution < -0.4 is 0 Å². The van der Waals surface area contributed by atoms with Crippen molar-refractivity contribution in [3.8, 4) is 0 Å². The second-order valence-electron chi connectivity index (χ2n) is 1.43. The molecule has 2 nitrogen and oxygen atoms in total. The molecule has 0 fully saturated rings. The van der Waals surface area contributed by atoms with E-state index in [-0.39, 0.29) is 12.2 Å². The molecule has 10 heavy (non-hydrogen) atoms. The Hall–Kier alpha value is 0.330. The van der Waals surface area contributed by atoms with E-state index in [4.69, 9.17) is 11.6 Å². The highest BCUT2D eigenvalue weighted by molar-refractivity contribution is 9.28. The van der Waals surface area contributed by atoms with Crippen molar-refractivity contribution in [1.29, 1.82) is 0 Å². The first-order chi connectivity index (χ1) is 4.52. The van der Waals surface area contributed by atoms with Gasteiger partial charge in [0, 0.05) is 6.08 Å². The predicted octanol–water partition coefficient (Wildman–Crippen LogP) is 2.34. The summed E-state index contributed by atoms with van der Waals surface area (Å²) >= 11 is 10.9. The zero-order valence-electron chi connectivity index (χ0n) is 4.73. The van der Waals surface area contributed by atoms with Gasteiger partial charge < -0.3 is 0 Å². The minimum absolute atomic E-state index is 0.262. The summed E-state index contributed by atoms with van der Waals surface area (Å²) in [6.45, 7) is 0. The fourth-order valence-corrected chi connectivity index (χ4v) is 0.952. The van der Waals surface area contributed by atoms with Crippen molar-refractivity contribution in [2.75, 3.05) is 0 Å². The number of ketones is 1. The van der Waals surface area contributed by atoms with Gasteiger partial charge in [-0.2, -0.15) is 0 Å². The molecule has 0 amide bonds. The van der Waals surface area contributed by atoms with Gasteiger partial charge in [-0.1, -0.05) is 0 Å². The Balaban J connectivity index is 3.88. The second-order valence-corrected chi connectivity index (χ2v) is 4.63. The largest absolute Gasteiger partial charge is 0.294 e. The van der Waals surface area contributed by atoms with E-state index >= 15 is 0 Å². The Labute approximate surface area is 79.9 Å². The lowest BCUT2D eigenvalue weighted by atomic mass is 10.3. The number of carbonyl (C=O) groups excluding carboxylic acids is 2. The van der Waals surface area contributed by atoms with E-state index in [1.807, 2.05) is 0 Å². The third-order valence-electron chi connectivity index (χ3n) is 0.583. The first-order valence-electron chi connectivity index (χ1n) is 2.26. The summed E-state index contributed by atoms with van der Waals surface area (Å²) < 4.78 is 0.503. The molecule has 0 aromatic heterocycles. The number of carbonyl (C=O) groups is 2. The maximum Gasteiger partial charge on any atom is 0.229 e. The molecule has 0 N–H and O–H groups in total. The van der Waals surface area contributed by atoms with Gasteiger partial charge in [0.1, 0.15) is 0 Å². The van der Waals surface area contributed by atoms with Crippen molar-refractivity contribution in [1.82, 2.24) is 0 Å². The van der Waals surface area contributed by atoms with Gasteiger partial charge in [0.25, 0.3) is 0 Å². The van der Waals surface area contributed by atoms with Crippen LogP contribution in [0.25, 0.3) is 0 Å². The van der Waals surface area contributed by atoms with Crippen LogP contribution in [0.1, 0.15) is 6.42 Å². The first-order valence-corrected chi connectivity index (χ1v) is 4.22. The van der Waals surface area contributed by atoms with Crippen LogP contribution in [0.15, 0.2) is 9.47 Å². The van der Waals surface area contributed by atoms with Crippen LogP contribution in [0.4, 0.5) is 0 Å². The van der Waals surface area contributed by atoms with Crippen LogP contribution >= 0.6 is 43.5 Å². The van der Waals surface area contributed by atoms with Crippen molar-refractivity contribution in [2.24, 2.45) is 0 Å². The Morgan fingerprint density at radius 3 is 2.20 bits per heavy atom. The summed E-state index contributed by atoms with van der Waals surface area (Å²) in [5.41, 5.74) is 0. The maximum absolute atomic E-state index is 10.6. The molecule has 0 aliphatic carbocycles. The summed E-state index contributed by atoms with van der Waals surface area (Å²) in [6, 6.07) is 0. The lowest BCUT2D eigenvalue weighted by molar-refractivity contribution is -0.120. The van der Waals surface area contributed by atoms with Crippen LogP contribution in [-0.4, -0.2) is 11.0 Å². The Kier molecular flexibility index (Phi) is 5.21. The molecule has 0 saturated carbocycles. The monoisotopic (exact) mass is 288 g/mol. The molecule has 0 aromatic carbocycles. The molecule has 0 spiro atoms. The Bertz CT molecular complexity index is 184. The van der Waals surface area contributed by atoms with E-state index in [0.29, 0.717) is 3.39 Å². The summed E-state index contributed by atoms with van der Waals surface area (Å²) in [6.07, 6.45) is 0.975. The fraction of sp³-hybridized carbons (Fsp3) is 0.200. The molecule has 0 atom stereocenters. The SMILES string of the molecule is O=C(Cl)CC(=O)C=C(Br)Br. The van der Waals surface area contributed by atoms with Crippen LogP contribution in [0.3, 0.4) is 0 Å². The highest BCUT2D eigenvalue weighted by atomic mass is 79.9. The molecule has 0 saturated heterocycles. The van der Waals surface area contributed by atoms with Crippen LogP contribution in [-0.2, 0) is 9.59 Å². The number of hydrogen-bond donors (Lipinski definition) is 0. The molecule has 0 heterocycles. The van der Waals surface area contributed by atoms with Crippen molar-refractivity contribution in [3.63, 3.8) is 0 Å². The lowest BCUT2D eigenvalue weighted by Crippen LogP contribution is -1.97. The summed E-state index contributed by atoms with van der Waals surface area (Å²) in [7, 11) is 0. The van der Waals surface area contributed by atoms with Crippen molar-refractivity contribution in [2.45, 2.75) is 6.42 Å². The average Bonchev–Trinajstić information content (AvgIpc) is 1.58. The molecule has 5 heteroatoms. The molecule has 0 aliphatic heterocycles. The maximum atomic E-state index is 10.6. The number of halogens is 3. The molecular formula is C5H3Br2ClO2.